The smallest absolute Gasteiger partial charge is 0.0260 e. The van der Waals surface area contributed by atoms with Gasteiger partial charge in [0.1, 0.15) is 0 Å². The van der Waals surface area contributed by atoms with E-state index < -0.39 is 0 Å². The highest BCUT2D eigenvalue weighted by atomic mass is 14.2. The van der Waals surface area contributed by atoms with Gasteiger partial charge in [-0.3, -0.25) is 0 Å². The standard InChI is InChI=1S/C9H10.C8H16.C2H6/c1-3-9-6-4-5-8(2)7-9;1-2-3-4-5-8-6-7-8;1-2/h3-7H,1H2,2H3;8H,2-7H2,1H3;1-2H3. The van der Waals surface area contributed by atoms with Crippen LogP contribution in [0.2, 0.25) is 0 Å². The zero-order valence-corrected chi connectivity index (χ0v) is 13.4. The summed E-state index contributed by atoms with van der Waals surface area (Å²) in [5.74, 6) is 1.15. The SMILES string of the molecule is C=Cc1cccc(C)c1.CC.CCCCCC1CC1. The molecule has 2 rings (SSSR count). The Morgan fingerprint density at radius 2 is 1.89 bits per heavy atom. The highest BCUT2D eigenvalue weighted by Gasteiger charge is 2.19. The number of aryl methyl sites for hydroxylation is 1. The molecule has 108 valence electrons. The molecule has 0 radical (unpaired) electrons. The maximum absolute atomic E-state index is 3.67. The molecule has 0 amide bonds. The van der Waals surface area contributed by atoms with Gasteiger partial charge < -0.3 is 0 Å². The van der Waals surface area contributed by atoms with Gasteiger partial charge in [0.25, 0.3) is 0 Å². The van der Waals surface area contributed by atoms with E-state index in [2.05, 4.69) is 32.6 Å². The summed E-state index contributed by atoms with van der Waals surface area (Å²) in [6, 6.07) is 8.26. The van der Waals surface area contributed by atoms with Crippen LogP contribution in [0, 0.1) is 12.8 Å². The van der Waals surface area contributed by atoms with Crippen LogP contribution in [0.4, 0.5) is 0 Å². The molecule has 0 bridgehead atoms. The Hall–Kier alpha value is -1.04. The van der Waals surface area contributed by atoms with Crippen LogP contribution in [-0.4, -0.2) is 0 Å². The van der Waals surface area contributed by atoms with E-state index in [1.807, 2.05) is 32.1 Å². The number of unbranched alkanes of at least 4 members (excludes halogenated alkanes) is 2. The predicted octanol–water partition coefficient (Wildman–Crippen LogP) is 6.64. The van der Waals surface area contributed by atoms with Crippen molar-refractivity contribution in [3.8, 4) is 0 Å². The molecule has 0 heteroatoms. The molecule has 0 saturated heterocycles. The molecule has 0 N–H and O–H groups in total. The van der Waals surface area contributed by atoms with Crippen LogP contribution in [0.25, 0.3) is 6.08 Å². The number of rotatable bonds is 5. The summed E-state index contributed by atoms with van der Waals surface area (Å²) < 4.78 is 0. The minimum atomic E-state index is 1.15. The van der Waals surface area contributed by atoms with Crippen LogP contribution >= 0.6 is 0 Å². The second-order valence-electron chi connectivity index (χ2n) is 5.06. The summed E-state index contributed by atoms with van der Waals surface area (Å²) in [5.41, 5.74) is 2.47. The molecule has 0 heterocycles. The van der Waals surface area contributed by atoms with Crippen molar-refractivity contribution in [3.63, 3.8) is 0 Å². The highest BCUT2D eigenvalue weighted by molar-refractivity contribution is 5.47. The van der Waals surface area contributed by atoms with Gasteiger partial charge in [-0.25, -0.2) is 0 Å². The first-order valence-electron chi connectivity index (χ1n) is 7.95. The third-order valence-corrected chi connectivity index (χ3v) is 3.19. The fraction of sp³-hybridized carbons (Fsp3) is 0.579. The summed E-state index contributed by atoms with van der Waals surface area (Å²) in [5, 5.41) is 0. The topological polar surface area (TPSA) is 0 Å². The minimum absolute atomic E-state index is 1.15. The molecule has 0 nitrogen and oxygen atoms in total. The maximum Gasteiger partial charge on any atom is -0.0260 e. The molecule has 1 aromatic rings. The van der Waals surface area contributed by atoms with Gasteiger partial charge in [0.2, 0.25) is 0 Å². The molecular weight excluding hydrogens is 228 g/mol. The lowest BCUT2D eigenvalue weighted by Gasteiger charge is -1.92. The van der Waals surface area contributed by atoms with Crippen LogP contribution in [0.3, 0.4) is 0 Å². The average molecular weight is 260 g/mol. The predicted molar refractivity (Wildman–Crippen MR) is 89.5 cm³/mol. The molecular formula is C19H32. The fourth-order valence-electron chi connectivity index (χ4n) is 1.89. The molecule has 0 aliphatic heterocycles. The molecule has 0 atom stereocenters. The monoisotopic (exact) mass is 260 g/mol. The third kappa shape index (κ3) is 10.6. The van der Waals surface area contributed by atoms with E-state index in [1.165, 1.54) is 49.7 Å². The van der Waals surface area contributed by atoms with Gasteiger partial charge in [0.15, 0.2) is 0 Å². The average Bonchev–Trinajstić information content (AvgIpc) is 3.26. The second kappa shape index (κ2) is 12.0. The van der Waals surface area contributed by atoms with E-state index in [4.69, 9.17) is 0 Å². The van der Waals surface area contributed by atoms with E-state index in [0.29, 0.717) is 0 Å². The lowest BCUT2D eigenvalue weighted by molar-refractivity contribution is 0.620. The van der Waals surface area contributed by atoms with Crippen LogP contribution in [0.5, 0.6) is 0 Å². The van der Waals surface area contributed by atoms with Crippen LogP contribution in [-0.2, 0) is 0 Å². The van der Waals surface area contributed by atoms with Crippen molar-refractivity contribution < 1.29 is 0 Å². The van der Waals surface area contributed by atoms with E-state index in [-0.39, 0.29) is 0 Å². The van der Waals surface area contributed by atoms with Gasteiger partial charge in [-0.2, -0.15) is 0 Å². The Balaban J connectivity index is 0.000000303. The van der Waals surface area contributed by atoms with Crippen molar-refractivity contribution in [2.24, 2.45) is 5.92 Å². The lowest BCUT2D eigenvalue weighted by atomic mass is 10.1. The van der Waals surface area contributed by atoms with Crippen LogP contribution in [0.1, 0.15) is 70.4 Å². The van der Waals surface area contributed by atoms with Crippen LogP contribution < -0.4 is 0 Å². The quantitative estimate of drug-likeness (QED) is 0.520. The maximum atomic E-state index is 3.67. The normalized spacial score (nSPS) is 12.6. The number of hydrogen-bond donors (Lipinski definition) is 0. The van der Waals surface area contributed by atoms with Crippen molar-refractivity contribution in [2.75, 3.05) is 0 Å². The first kappa shape index (κ1) is 18.0. The van der Waals surface area contributed by atoms with Crippen molar-refractivity contribution in [2.45, 2.75) is 66.2 Å². The molecule has 1 aliphatic carbocycles. The van der Waals surface area contributed by atoms with Gasteiger partial charge in [-0.05, 0) is 18.4 Å². The molecule has 0 unspecified atom stereocenters. The highest BCUT2D eigenvalue weighted by Crippen LogP contribution is 2.33. The van der Waals surface area contributed by atoms with Crippen molar-refractivity contribution in [3.05, 3.63) is 42.0 Å². The molecule has 0 aromatic heterocycles. The molecule has 1 fully saturated rings. The van der Waals surface area contributed by atoms with Crippen molar-refractivity contribution >= 4 is 6.08 Å². The Morgan fingerprint density at radius 1 is 1.21 bits per heavy atom. The Labute approximate surface area is 120 Å². The zero-order chi connectivity index (χ0) is 14.5. The van der Waals surface area contributed by atoms with Crippen molar-refractivity contribution in [1.29, 1.82) is 0 Å². The van der Waals surface area contributed by atoms with Crippen molar-refractivity contribution in [1.82, 2.24) is 0 Å². The van der Waals surface area contributed by atoms with Gasteiger partial charge in [-0.1, -0.05) is 102 Å². The summed E-state index contributed by atoms with van der Waals surface area (Å²) >= 11 is 0. The molecule has 1 aliphatic rings. The summed E-state index contributed by atoms with van der Waals surface area (Å²) in [7, 11) is 0. The second-order valence-corrected chi connectivity index (χ2v) is 5.06. The Bertz CT molecular complexity index is 321. The molecule has 1 aromatic carbocycles. The van der Waals surface area contributed by atoms with Gasteiger partial charge in [0, 0.05) is 0 Å². The first-order valence-corrected chi connectivity index (χ1v) is 7.95. The number of hydrogen-bond acceptors (Lipinski definition) is 0. The Morgan fingerprint density at radius 3 is 2.32 bits per heavy atom. The van der Waals surface area contributed by atoms with E-state index in [9.17, 15) is 0 Å². The van der Waals surface area contributed by atoms with Gasteiger partial charge >= 0.3 is 0 Å². The summed E-state index contributed by atoms with van der Waals surface area (Å²) in [6.45, 7) is 12.0. The van der Waals surface area contributed by atoms with E-state index in [0.717, 1.165) is 5.92 Å². The zero-order valence-electron chi connectivity index (χ0n) is 13.4. The lowest BCUT2D eigenvalue weighted by Crippen LogP contribution is -1.75. The molecule has 0 spiro atoms. The number of benzene rings is 1. The Kier molecular flexibility index (Phi) is 11.4. The minimum Gasteiger partial charge on any atom is -0.0985 e. The van der Waals surface area contributed by atoms with Gasteiger partial charge in [-0.15, -0.1) is 0 Å². The molecule has 19 heavy (non-hydrogen) atoms. The van der Waals surface area contributed by atoms with E-state index in [1.54, 1.807) is 0 Å². The summed E-state index contributed by atoms with van der Waals surface area (Å²) in [6.07, 6.45) is 10.8. The fourth-order valence-corrected chi connectivity index (χ4v) is 1.89. The van der Waals surface area contributed by atoms with E-state index >= 15 is 0 Å². The van der Waals surface area contributed by atoms with Gasteiger partial charge in [0.05, 0.1) is 0 Å². The molecule has 1 saturated carbocycles. The third-order valence-electron chi connectivity index (χ3n) is 3.19. The van der Waals surface area contributed by atoms with Crippen LogP contribution in [0.15, 0.2) is 30.8 Å². The first-order chi connectivity index (χ1) is 9.26. The largest absolute Gasteiger partial charge is 0.0985 e. The summed E-state index contributed by atoms with van der Waals surface area (Å²) in [4.78, 5) is 0.